The van der Waals surface area contributed by atoms with Crippen LogP contribution in [0.25, 0.3) is 11.0 Å². The van der Waals surface area contributed by atoms with Gasteiger partial charge in [0, 0.05) is 17.1 Å². The molecule has 4 nitrogen and oxygen atoms in total. The van der Waals surface area contributed by atoms with E-state index in [2.05, 4.69) is 9.97 Å². The zero-order valence-electron chi connectivity index (χ0n) is 12.7. The lowest BCUT2D eigenvalue weighted by atomic mass is 10.2. The molecule has 6 heteroatoms. The Kier molecular flexibility index (Phi) is 5.17. The Morgan fingerprint density at radius 3 is 2.62 bits per heavy atom. The number of aromatic amines is 1. The zero-order valence-corrected chi connectivity index (χ0v) is 14.3. The van der Waals surface area contributed by atoms with Crippen LogP contribution in [0.2, 0.25) is 5.02 Å². The first-order chi connectivity index (χ1) is 9.88. The van der Waals surface area contributed by atoms with E-state index >= 15 is 0 Å². The monoisotopic (exact) mass is 325 g/mol. The summed E-state index contributed by atoms with van der Waals surface area (Å²) in [6.07, 6.45) is 0. The Labute approximate surface area is 134 Å². The number of nitrogens with one attached hydrogen (secondary N) is 1. The van der Waals surface area contributed by atoms with Gasteiger partial charge < -0.3 is 9.88 Å². The van der Waals surface area contributed by atoms with Gasteiger partial charge in [0.15, 0.2) is 5.16 Å². The zero-order chi connectivity index (χ0) is 15.6. The van der Waals surface area contributed by atoms with Crippen LogP contribution in [-0.2, 0) is 4.79 Å². The number of hydrogen-bond donors (Lipinski definition) is 1. The molecule has 0 unspecified atom stereocenters. The normalized spacial score (nSPS) is 11.6. The van der Waals surface area contributed by atoms with E-state index in [9.17, 15) is 4.79 Å². The summed E-state index contributed by atoms with van der Waals surface area (Å²) in [7, 11) is 0. The van der Waals surface area contributed by atoms with Crippen molar-refractivity contribution in [1.82, 2.24) is 14.9 Å². The van der Waals surface area contributed by atoms with Crippen LogP contribution in [-0.4, -0.2) is 38.6 Å². The van der Waals surface area contributed by atoms with Crippen molar-refractivity contribution >= 4 is 40.3 Å². The second-order valence-corrected chi connectivity index (χ2v) is 6.88. The fraction of sp³-hybridized carbons (Fsp3) is 0.467. The summed E-state index contributed by atoms with van der Waals surface area (Å²) in [5.74, 6) is 0.507. The van der Waals surface area contributed by atoms with Crippen molar-refractivity contribution < 1.29 is 4.79 Å². The van der Waals surface area contributed by atoms with E-state index in [1.54, 1.807) is 0 Å². The van der Waals surface area contributed by atoms with Crippen molar-refractivity contribution in [1.29, 1.82) is 0 Å². The molecule has 2 rings (SSSR count). The number of aromatic nitrogens is 2. The second kappa shape index (κ2) is 6.71. The lowest BCUT2D eigenvalue weighted by molar-refractivity contribution is -0.131. The second-order valence-electron chi connectivity index (χ2n) is 5.48. The molecule has 0 radical (unpaired) electrons. The fourth-order valence-electron chi connectivity index (χ4n) is 2.40. The van der Waals surface area contributed by atoms with Crippen molar-refractivity contribution in [2.24, 2.45) is 0 Å². The van der Waals surface area contributed by atoms with Crippen LogP contribution in [0.3, 0.4) is 0 Å². The lowest BCUT2D eigenvalue weighted by Gasteiger charge is -2.30. The summed E-state index contributed by atoms with van der Waals surface area (Å²) >= 11 is 7.37. The summed E-state index contributed by atoms with van der Waals surface area (Å²) in [6.45, 7) is 8.13. The predicted molar refractivity (Wildman–Crippen MR) is 88.9 cm³/mol. The van der Waals surface area contributed by atoms with Gasteiger partial charge in [0.1, 0.15) is 0 Å². The van der Waals surface area contributed by atoms with Crippen LogP contribution < -0.4 is 0 Å². The predicted octanol–water partition coefficient (Wildman–Crippen LogP) is 3.95. The number of nitrogens with zero attached hydrogens (tertiary/aromatic N) is 2. The van der Waals surface area contributed by atoms with E-state index in [1.807, 2.05) is 50.8 Å². The van der Waals surface area contributed by atoms with Crippen LogP contribution in [0.15, 0.2) is 23.4 Å². The van der Waals surface area contributed by atoms with Gasteiger partial charge in [-0.2, -0.15) is 0 Å². The smallest absolute Gasteiger partial charge is 0.233 e. The van der Waals surface area contributed by atoms with Gasteiger partial charge in [0.2, 0.25) is 5.91 Å². The van der Waals surface area contributed by atoms with Gasteiger partial charge >= 0.3 is 0 Å². The Morgan fingerprint density at radius 1 is 1.33 bits per heavy atom. The van der Waals surface area contributed by atoms with Gasteiger partial charge in [-0.15, -0.1) is 0 Å². The van der Waals surface area contributed by atoms with Crippen LogP contribution in [0.5, 0.6) is 0 Å². The number of carbonyl (C=O) groups is 1. The standard InChI is InChI=1S/C15H20ClN3OS/c1-9(2)19(10(3)4)14(20)8-21-15-17-12-6-5-11(16)7-13(12)18-15/h5-7,9-10H,8H2,1-4H3,(H,17,18). The molecule has 0 saturated heterocycles. The SMILES string of the molecule is CC(C)N(C(=O)CSc1nc2ccc(Cl)cc2[nH]1)C(C)C. The fourth-order valence-corrected chi connectivity index (χ4v) is 3.33. The van der Waals surface area contributed by atoms with E-state index in [0.717, 1.165) is 16.2 Å². The third-order valence-electron chi connectivity index (χ3n) is 3.16. The average molecular weight is 326 g/mol. The maximum absolute atomic E-state index is 12.3. The molecule has 1 N–H and O–H groups in total. The molecule has 1 amide bonds. The number of imidazole rings is 1. The third kappa shape index (κ3) is 3.92. The highest BCUT2D eigenvalue weighted by atomic mass is 35.5. The van der Waals surface area contributed by atoms with Crippen molar-refractivity contribution in [3.05, 3.63) is 23.2 Å². The first kappa shape index (κ1) is 16.2. The van der Waals surface area contributed by atoms with Crippen LogP contribution in [0, 0.1) is 0 Å². The molecule has 0 saturated carbocycles. The summed E-state index contributed by atoms with van der Waals surface area (Å²) in [6, 6.07) is 5.92. The molecular weight excluding hydrogens is 306 g/mol. The van der Waals surface area contributed by atoms with Crippen LogP contribution in [0.1, 0.15) is 27.7 Å². The summed E-state index contributed by atoms with van der Waals surface area (Å²) < 4.78 is 0. The molecule has 0 aliphatic heterocycles. The van der Waals surface area contributed by atoms with Gasteiger partial charge in [-0.05, 0) is 45.9 Å². The molecular formula is C15H20ClN3OS. The maximum atomic E-state index is 12.3. The number of benzene rings is 1. The molecule has 114 valence electrons. The van der Waals surface area contributed by atoms with Gasteiger partial charge in [0.25, 0.3) is 0 Å². The van der Waals surface area contributed by atoms with E-state index in [4.69, 9.17) is 11.6 Å². The number of carbonyl (C=O) groups excluding carboxylic acids is 1. The van der Waals surface area contributed by atoms with E-state index in [-0.39, 0.29) is 18.0 Å². The minimum atomic E-state index is 0.128. The van der Waals surface area contributed by atoms with Crippen molar-refractivity contribution in [2.75, 3.05) is 5.75 Å². The molecule has 1 heterocycles. The van der Waals surface area contributed by atoms with Gasteiger partial charge in [-0.3, -0.25) is 4.79 Å². The molecule has 1 aromatic carbocycles. The van der Waals surface area contributed by atoms with E-state index in [0.29, 0.717) is 10.8 Å². The number of fused-ring (bicyclic) bond motifs is 1. The van der Waals surface area contributed by atoms with Crippen molar-refractivity contribution in [2.45, 2.75) is 44.9 Å². The average Bonchev–Trinajstić information content (AvgIpc) is 2.77. The van der Waals surface area contributed by atoms with E-state index < -0.39 is 0 Å². The lowest BCUT2D eigenvalue weighted by Crippen LogP contribution is -2.43. The first-order valence-electron chi connectivity index (χ1n) is 6.97. The number of halogens is 1. The maximum Gasteiger partial charge on any atom is 0.233 e. The van der Waals surface area contributed by atoms with Gasteiger partial charge in [0.05, 0.1) is 16.8 Å². The van der Waals surface area contributed by atoms with E-state index in [1.165, 1.54) is 11.8 Å². The highest BCUT2D eigenvalue weighted by Crippen LogP contribution is 2.22. The summed E-state index contributed by atoms with van der Waals surface area (Å²) in [5, 5.41) is 1.41. The van der Waals surface area contributed by atoms with Gasteiger partial charge in [-0.25, -0.2) is 4.98 Å². The van der Waals surface area contributed by atoms with Crippen LogP contribution in [0.4, 0.5) is 0 Å². The topological polar surface area (TPSA) is 49.0 Å². The minimum absolute atomic E-state index is 0.128. The molecule has 0 aliphatic carbocycles. The molecule has 0 fully saturated rings. The molecule has 2 aromatic rings. The highest BCUT2D eigenvalue weighted by molar-refractivity contribution is 7.99. The molecule has 0 bridgehead atoms. The minimum Gasteiger partial charge on any atom is -0.337 e. The number of hydrogen-bond acceptors (Lipinski definition) is 3. The molecule has 21 heavy (non-hydrogen) atoms. The quantitative estimate of drug-likeness (QED) is 0.847. The molecule has 0 spiro atoms. The Balaban J connectivity index is 2.05. The highest BCUT2D eigenvalue weighted by Gasteiger charge is 2.20. The molecule has 1 aromatic heterocycles. The summed E-state index contributed by atoms with van der Waals surface area (Å²) in [5.41, 5.74) is 1.75. The number of thioether (sulfide) groups is 1. The number of rotatable bonds is 5. The van der Waals surface area contributed by atoms with Gasteiger partial charge in [-0.1, -0.05) is 23.4 Å². The molecule has 0 aliphatic rings. The summed E-state index contributed by atoms with van der Waals surface area (Å²) in [4.78, 5) is 21.8. The number of H-pyrrole nitrogens is 1. The Hall–Kier alpha value is -1.20. The van der Waals surface area contributed by atoms with Crippen molar-refractivity contribution in [3.63, 3.8) is 0 Å². The number of amides is 1. The van der Waals surface area contributed by atoms with Crippen molar-refractivity contribution in [3.8, 4) is 0 Å². The Morgan fingerprint density at radius 2 is 2.00 bits per heavy atom. The molecule has 0 atom stereocenters. The van der Waals surface area contributed by atoms with Crippen LogP contribution >= 0.6 is 23.4 Å². The largest absolute Gasteiger partial charge is 0.337 e. The first-order valence-corrected chi connectivity index (χ1v) is 8.34. The third-order valence-corrected chi connectivity index (χ3v) is 4.25. The Bertz CT molecular complexity index is 631.